The third kappa shape index (κ3) is 50.8. The van der Waals surface area contributed by atoms with E-state index < -0.39 is 6.10 Å². The molecule has 1 unspecified atom stereocenters. The molecule has 0 aromatic rings. The SMILES string of the molecule is CC/C=C\C/C=C\C/C=C\CCCCCCCC(=O)OC(COCCCCCCCCCCCCCC)COC(=O)CCCCCCCCCCCCCCCCCCCCC. The molecule has 0 aliphatic carbocycles. The fourth-order valence-corrected chi connectivity index (χ4v) is 8.12. The highest BCUT2D eigenvalue weighted by atomic mass is 16.6. The molecule has 0 amide bonds. The monoisotopic (exact) mass is 871 g/mol. The molecule has 0 aliphatic heterocycles. The minimum Gasteiger partial charge on any atom is -0.462 e. The van der Waals surface area contributed by atoms with Gasteiger partial charge in [-0.15, -0.1) is 0 Å². The topological polar surface area (TPSA) is 61.8 Å². The first kappa shape index (κ1) is 60.1. The van der Waals surface area contributed by atoms with Crippen molar-refractivity contribution >= 4 is 11.9 Å². The van der Waals surface area contributed by atoms with Crippen LogP contribution in [0.2, 0.25) is 0 Å². The van der Waals surface area contributed by atoms with Crippen LogP contribution in [-0.2, 0) is 23.8 Å². The van der Waals surface area contributed by atoms with Gasteiger partial charge < -0.3 is 14.2 Å². The summed E-state index contributed by atoms with van der Waals surface area (Å²) in [6.45, 7) is 7.76. The van der Waals surface area contributed by atoms with E-state index in [1.807, 2.05) is 0 Å². The van der Waals surface area contributed by atoms with Crippen molar-refractivity contribution < 1.29 is 23.8 Å². The summed E-state index contributed by atoms with van der Waals surface area (Å²) in [4.78, 5) is 25.4. The molecule has 0 spiro atoms. The van der Waals surface area contributed by atoms with Gasteiger partial charge in [0.05, 0.1) is 6.61 Å². The van der Waals surface area contributed by atoms with E-state index in [1.165, 1.54) is 193 Å². The van der Waals surface area contributed by atoms with E-state index in [1.54, 1.807) is 0 Å². The first-order valence-electron chi connectivity index (χ1n) is 27.5. The average Bonchev–Trinajstić information content (AvgIpc) is 3.27. The molecule has 0 heterocycles. The fraction of sp³-hybridized carbons (Fsp3) is 0.860. The molecular weight excluding hydrogens is 765 g/mol. The molecule has 0 rings (SSSR count). The Morgan fingerprint density at radius 3 is 1.16 bits per heavy atom. The number of esters is 2. The highest BCUT2D eigenvalue weighted by molar-refractivity contribution is 5.70. The molecule has 62 heavy (non-hydrogen) atoms. The number of carbonyl (C=O) groups is 2. The Kier molecular flexibility index (Phi) is 51.8. The Morgan fingerprint density at radius 2 is 0.726 bits per heavy atom. The van der Waals surface area contributed by atoms with E-state index >= 15 is 0 Å². The summed E-state index contributed by atoms with van der Waals surface area (Å²) < 4.78 is 17.4. The second-order valence-electron chi connectivity index (χ2n) is 18.5. The van der Waals surface area contributed by atoms with Gasteiger partial charge in [-0.3, -0.25) is 9.59 Å². The van der Waals surface area contributed by atoms with Crippen molar-refractivity contribution in [2.75, 3.05) is 19.8 Å². The van der Waals surface area contributed by atoms with Gasteiger partial charge in [0.25, 0.3) is 0 Å². The molecule has 0 aromatic heterocycles. The Bertz CT molecular complexity index is 986. The van der Waals surface area contributed by atoms with Gasteiger partial charge in [-0.05, 0) is 51.4 Å². The summed E-state index contributed by atoms with van der Waals surface area (Å²) in [6, 6.07) is 0. The molecule has 1 atom stereocenters. The van der Waals surface area contributed by atoms with Crippen LogP contribution in [0.4, 0.5) is 0 Å². The summed E-state index contributed by atoms with van der Waals surface area (Å²) >= 11 is 0. The van der Waals surface area contributed by atoms with Crippen LogP contribution in [0, 0.1) is 0 Å². The molecule has 0 radical (unpaired) electrons. The lowest BCUT2D eigenvalue weighted by molar-refractivity contribution is -0.163. The molecule has 0 aromatic carbocycles. The van der Waals surface area contributed by atoms with Crippen molar-refractivity contribution in [1.29, 1.82) is 0 Å². The van der Waals surface area contributed by atoms with E-state index in [0.29, 0.717) is 19.4 Å². The number of allylic oxidation sites excluding steroid dienone is 6. The van der Waals surface area contributed by atoms with Crippen molar-refractivity contribution in [2.45, 2.75) is 297 Å². The molecule has 364 valence electrons. The maximum absolute atomic E-state index is 12.8. The van der Waals surface area contributed by atoms with Crippen molar-refractivity contribution in [3.05, 3.63) is 36.5 Å². The number of hydrogen-bond donors (Lipinski definition) is 0. The predicted molar refractivity (Wildman–Crippen MR) is 270 cm³/mol. The zero-order chi connectivity index (χ0) is 44.9. The van der Waals surface area contributed by atoms with Gasteiger partial charge in [-0.2, -0.15) is 0 Å². The summed E-state index contributed by atoms with van der Waals surface area (Å²) in [5.41, 5.74) is 0. The van der Waals surface area contributed by atoms with E-state index in [4.69, 9.17) is 14.2 Å². The van der Waals surface area contributed by atoms with Gasteiger partial charge in [0.2, 0.25) is 0 Å². The maximum Gasteiger partial charge on any atom is 0.306 e. The zero-order valence-corrected chi connectivity index (χ0v) is 41.9. The molecular formula is C57H106O5. The minimum absolute atomic E-state index is 0.0847. The maximum atomic E-state index is 12.8. The number of rotatable bonds is 51. The number of unbranched alkanes of at least 4 members (excludes halogenated alkanes) is 34. The standard InChI is InChI=1S/C57H106O5/c1-4-7-10-13-16-19-22-25-27-28-29-30-32-33-35-38-41-44-47-50-56(58)61-54-55(53-60-52-49-46-43-40-37-24-21-18-15-12-9-6-3)62-57(59)51-48-45-42-39-36-34-31-26-23-20-17-14-11-8-5-2/h8,11,17,20,26,31,55H,4-7,9-10,12-16,18-19,21-25,27-30,32-54H2,1-3H3/b11-8-,20-17-,31-26-. The second-order valence-corrected chi connectivity index (χ2v) is 18.5. The summed E-state index contributed by atoms with van der Waals surface area (Å²) in [5, 5.41) is 0. The van der Waals surface area contributed by atoms with E-state index in [0.717, 1.165) is 64.2 Å². The molecule has 0 aliphatic rings. The third-order valence-corrected chi connectivity index (χ3v) is 12.2. The highest BCUT2D eigenvalue weighted by Crippen LogP contribution is 2.16. The smallest absolute Gasteiger partial charge is 0.306 e. The number of ether oxygens (including phenoxy) is 3. The van der Waals surface area contributed by atoms with Crippen LogP contribution in [0.1, 0.15) is 290 Å². The molecule has 0 fully saturated rings. The van der Waals surface area contributed by atoms with Crippen LogP contribution in [0.5, 0.6) is 0 Å². The van der Waals surface area contributed by atoms with E-state index in [-0.39, 0.29) is 25.2 Å². The van der Waals surface area contributed by atoms with Crippen LogP contribution < -0.4 is 0 Å². The number of hydrogen-bond acceptors (Lipinski definition) is 5. The predicted octanol–water partition coefficient (Wildman–Crippen LogP) is 18.6. The van der Waals surface area contributed by atoms with Crippen molar-refractivity contribution in [2.24, 2.45) is 0 Å². The summed E-state index contributed by atoms with van der Waals surface area (Å²) in [5.74, 6) is -0.398. The van der Waals surface area contributed by atoms with Crippen LogP contribution >= 0.6 is 0 Å². The molecule has 0 saturated heterocycles. The average molecular weight is 871 g/mol. The van der Waals surface area contributed by atoms with Crippen molar-refractivity contribution in [3.63, 3.8) is 0 Å². The summed E-state index contributed by atoms with van der Waals surface area (Å²) in [7, 11) is 0. The lowest BCUT2D eigenvalue weighted by Crippen LogP contribution is -2.30. The largest absolute Gasteiger partial charge is 0.462 e. The second kappa shape index (κ2) is 53.5. The van der Waals surface area contributed by atoms with Gasteiger partial charge in [0.15, 0.2) is 6.10 Å². The van der Waals surface area contributed by atoms with Gasteiger partial charge in [0.1, 0.15) is 6.61 Å². The van der Waals surface area contributed by atoms with Gasteiger partial charge in [0, 0.05) is 19.4 Å². The highest BCUT2D eigenvalue weighted by Gasteiger charge is 2.17. The summed E-state index contributed by atoms with van der Waals surface area (Å²) in [6.07, 6.45) is 64.4. The quantitative estimate of drug-likeness (QED) is 0.0346. The Morgan fingerprint density at radius 1 is 0.371 bits per heavy atom. The van der Waals surface area contributed by atoms with Gasteiger partial charge in [-0.1, -0.05) is 263 Å². The van der Waals surface area contributed by atoms with Crippen molar-refractivity contribution in [1.82, 2.24) is 0 Å². The molecule has 0 saturated carbocycles. The Labute approximate surface area is 387 Å². The molecule has 5 nitrogen and oxygen atoms in total. The fourth-order valence-electron chi connectivity index (χ4n) is 8.12. The van der Waals surface area contributed by atoms with Gasteiger partial charge >= 0.3 is 11.9 Å². The van der Waals surface area contributed by atoms with E-state index in [9.17, 15) is 9.59 Å². The van der Waals surface area contributed by atoms with E-state index in [2.05, 4.69) is 57.2 Å². The van der Waals surface area contributed by atoms with Crippen LogP contribution in [-0.4, -0.2) is 37.9 Å². The van der Waals surface area contributed by atoms with Crippen LogP contribution in [0.3, 0.4) is 0 Å². The zero-order valence-electron chi connectivity index (χ0n) is 41.9. The Balaban J connectivity index is 4.20. The first-order valence-corrected chi connectivity index (χ1v) is 27.5. The molecule has 0 bridgehead atoms. The third-order valence-electron chi connectivity index (χ3n) is 12.2. The Hall–Kier alpha value is -1.88. The van der Waals surface area contributed by atoms with Crippen LogP contribution in [0.15, 0.2) is 36.5 Å². The minimum atomic E-state index is -0.539. The number of carbonyl (C=O) groups excluding carboxylic acids is 2. The normalized spacial score (nSPS) is 12.4. The molecule has 5 heteroatoms. The first-order chi connectivity index (χ1) is 30.6. The van der Waals surface area contributed by atoms with Gasteiger partial charge in [-0.25, -0.2) is 0 Å². The molecule has 0 N–H and O–H groups in total. The lowest BCUT2D eigenvalue weighted by Gasteiger charge is -2.18. The van der Waals surface area contributed by atoms with Crippen molar-refractivity contribution in [3.8, 4) is 0 Å². The van der Waals surface area contributed by atoms with Crippen LogP contribution in [0.25, 0.3) is 0 Å². The lowest BCUT2D eigenvalue weighted by atomic mass is 10.0.